The van der Waals surface area contributed by atoms with Gasteiger partial charge in [-0.3, -0.25) is 0 Å². The molecule has 2 nitrogen and oxygen atoms in total. The summed E-state index contributed by atoms with van der Waals surface area (Å²) in [6, 6.07) is 5.12. The molecule has 0 bridgehead atoms. The van der Waals surface area contributed by atoms with Crippen molar-refractivity contribution in [1.82, 2.24) is 0 Å². The molecule has 0 radical (unpaired) electrons. The molecule has 0 aliphatic heterocycles. The summed E-state index contributed by atoms with van der Waals surface area (Å²) in [4.78, 5) is 0. The third-order valence-electron chi connectivity index (χ3n) is 2.86. The zero-order valence-electron chi connectivity index (χ0n) is 10.9. The van der Waals surface area contributed by atoms with Gasteiger partial charge in [-0.25, -0.2) is 4.39 Å². The number of hydrogen-bond donors (Lipinski definition) is 0. The van der Waals surface area contributed by atoms with E-state index in [2.05, 4.69) is 4.40 Å². The van der Waals surface area contributed by atoms with Crippen LogP contribution < -0.4 is 0 Å². The summed E-state index contributed by atoms with van der Waals surface area (Å²) in [5.41, 5.74) is 1.46. The van der Waals surface area contributed by atoms with E-state index in [1.54, 1.807) is 0 Å². The largest absolute Gasteiger partial charge is 0.591 e. The van der Waals surface area contributed by atoms with Crippen LogP contribution in [-0.4, -0.2) is 15.5 Å². The molecule has 4 heteroatoms. The molecule has 18 heavy (non-hydrogen) atoms. The Bertz CT molecular complexity index is 463. The molecular weight excluding hydrogens is 249 g/mol. The maximum absolute atomic E-state index is 13.8. The zero-order valence-corrected chi connectivity index (χ0v) is 11.8. The Hall–Kier alpha value is -0.870. The Morgan fingerprint density at radius 3 is 2.56 bits per heavy atom. The van der Waals surface area contributed by atoms with Gasteiger partial charge in [0.25, 0.3) is 0 Å². The van der Waals surface area contributed by atoms with Gasteiger partial charge in [0, 0.05) is 5.56 Å². The lowest BCUT2D eigenvalue weighted by Crippen LogP contribution is -2.25. The van der Waals surface area contributed by atoms with Crippen LogP contribution in [0.2, 0.25) is 0 Å². The summed E-state index contributed by atoms with van der Waals surface area (Å²) < 4.78 is 29.1. The summed E-state index contributed by atoms with van der Waals surface area (Å²) in [5, 5.41) is 0. The van der Waals surface area contributed by atoms with Crippen molar-refractivity contribution in [3.05, 3.63) is 35.1 Å². The van der Waals surface area contributed by atoms with Crippen molar-refractivity contribution in [3.8, 4) is 0 Å². The van der Waals surface area contributed by atoms with E-state index in [1.807, 2.05) is 32.9 Å². The summed E-state index contributed by atoms with van der Waals surface area (Å²) in [5.74, 6) is 0.225. The van der Waals surface area contributed by atoms with Crippen LogP contribution in [-0.2, 0) is 11.4 Å². The quantitative estimate of drug-likeness (QED) is 0.609. The highest BCUT2D eigenvalue weighted by Crippen LogP contribution is 2.41. The third kappa shape index (κ3) is 3.33. The minimum Gasteiger partial charge on any atom is -0.591 e. The van der Waals surface area contributed by atoms with E-state index in [0.717, 1.165) is 18.4 Å². The van der Waals surface area contributed by atoms with Gasteiger partial charge in [-0.2, -0.15) is 0 Å². The number of hydrogen-bond acceptors (Lipinski definition) is 2. The van der Waals surface area contributed by atoms with E-state index >= 15 is 0 Å². The molecule has 1 aliphatic rings. The predicted octanol–water partition coefficient (Wildman–Crippen LogP) is 3.58. The van der Waals surface area contributed by atoms with Crippen LogP contribution >= 0.6 is 0 Å². The first-order chi connectivity index (χ1) is 8.38. The van der Waals surface area contributed by atoms with E-state index in [0.29, 0.717) is 11.5 Å². The van der Waals surface area contributed by atoms with E-state index in [1.165, 1.54) is 12.3 Å². The Morgan fingerprint density at radius 2 is 2.06 bits per heavy atom. The molecule has 0 aromatic heterocycles. The third-order valence-corrected chi connectivity index (χ3v) is 4.21. The Labute approximate surface area is 111 Å². The normalized spacial score (nSPS) is 18.3. The van der Waals surface area contributed by atoms with Crippen molar-refractivity contribution >= 4 is 17.6 Å². The lowest BCUT2D eigenvalue weighted by atomic mass is 10.1. The van der Waals surface area contributed by atoms with Crippen LogP contribution in [0.1, 0.15) is 50.7 Å². The van der Waals surface area contributed by atoms with E-state index in [4.69, 9.17) is 0 Å². The fourth-order valence-corrected chi connectivity index (χ4v) is 2.15. The second-order valence-electron chi connectivity index (χ2n) is 5.65. The Balaban J connectivity index is 2.10. The van der Waals surface area contributed by atoms with Crippen molar-refractivity contribution in [2.75, 3.05) is 0 Å². The van der Waals surface area contributed by atoms with Crippen molar-refractivity contribution in [2.24, 2.45) is 4.40 Å². The Kier molecular flexibility index (Phi) is 3.78. The van der Waals surface area contributed by atoms with E-state index < -0.39 is 11.4 Å². The van der Waals surface area contributed by atoms with Gasteiger partial charge in [-0.15, -0.1) is 0 Å². The van der Waals surface area contributed by atoms with Gasteiger partial charge in [-0.1, -0.05) is 16.5 Å². The van der Waals surface area contributed by atoms with Gasteiger partial charge in [0.1, 0.15) is 21.9 Å². The average molecular weight is 267 g/mol. The van der Waals surface area contributed by atoms with Gasteiger partial charge in [-0.05, 0) is 51.2 Å². The zero-order chi connectivity index (χ0) is 13.3. The van der Waals surface area contributed by atoms with Gasteiger partial charge >= 0.3 is 0 Å². The standard InChI is InChI=1S/C14H18FNOS/c1-14(2,3)18(17)16-9-10-4-7-12(11-5-6-11)13(15)8-10/h4,7-9,11H,5-6H2,1-3H3. The fraction of sp³-hybridized carbons (Fsp3) is 0.500. The lowest BCUT2D eigenvalue weighted by molar-refractivity contribution is 0.561. The van der Waals surface area contributed by atoms with Crippen LogP contribution in [0.25, 0.3) is 0 Å². The topological polar surface area (TPSA) is 35.4 Å². The van der Waals surface area contributed by atoms with Crippen molar-refractivity contribution in [2.45, 2.75) is 44.3 Å². The molecule has 0 N–H and O–H groups in total. The fourth-order valence-electron chi connectivity index (χ4n) is 1.62. The molecule has 0 spiro atoms. The van der Waals surface area contributed by atoms with Crippen LogP contribution in [0.4, 0.5) is 4.39 Å². The van der Waals surface area contributed by atoms with Crippen LogP contribution in [0.5, 0.6) is 0 Å². The summed E-state index contributed by atoms with van der Waals surface area (Å²) >= 11 is -1.30. The highest BCUT2D eigenvalue weighted by Gasteiger charge is 2.27. The SMILES string of the molecule is CC(C)(C)[S+]([O-])N=Cc1ccc(C2CC2)c(F)c1. The molecule has 1 fully saturated rings. The maximum atomic E-state index is 13.8. The molecule has 0 heterocycles. The molecule has 98 valence electrons. The second kappa shape index (κ2) is 5.02. The molecule has 1 unspecified atom stereocenters. The van der Waals surface area contributed by atoms with Crippen LogP contribution in [0.3, 0.4) is 0 Å². The van der Waals surface area contributed by atoms with Gasteiger partial charge in [0.2, 0.25) is 0 Å². The van der Waals surface area contributed by atoms with Gasteiger partial charge in [0.15, 0.2) is 0 Å². The molecule has 0 saturated heterocycles. The maximum Gasteiger partial charge on any atom is 0.144 e. The highest BCUT2D eigenvalue weighted by atomic mass is 32.2. The van der Waals surface area contributed by atoms with Crippen molar-refractivity contribution < 1.29 is 8.94 Å². The molecule has 1 atom stereocenters. The van der Waals surface area contributed by atoms with Gasteiger partial charge in [0.05, 0.1) is 6.21 Å². The summed E-state index contributed by atoms with van der Waals surface area (Å²) in [6.45, 7) is 5.58. The molecule has 1 aliphatic carbocycles. The van der Waals surface area contributed by atoms with Crippen molar-refractivity contribution in [1.29, 1.82) is 0 Å². The number of nitrogens with zero attached hydrogens (tertiary/aromatic N) is 1. The molecule has 2 rings (SSSR count). The van der Waals surface area contributed by atoms with Crippen LogP contribution in [0, 0.1) is 5.82 Å². The molecule has 1 aromatic carbocycles. The highest BCUT2D eigenvalue weighted by molar-refractivity contribution is 7.91. The monoisotopic (exact) mass is 267 g/mol. The van der Waals surface area contributed by atoms with E-state index in [9.17, 15) is 8.94 Å². The average Bonchev–Trinajstić information content (AvgIpc) is 3.08. The molecular formula is C14H18FNOS. The number of halogens is 1. The first kappa shape index (κ1) is 13.6. The lowest BCUT2D eigenvalue weighted by Gasteiger charge is -2.17. The molecule has 0 amide bonds. The minimum atomic E-state index is -1.30. The first-order valence-electron chi connectivity index (χ1n) is 6.13. The van der Waals surface area contributed by atoms with Crippen LogP contribution in [0.15, 0.2) is 22.6 Å². The minimum absolute atomic E-state index is 0.178. The molecule has 1 saturated carbocycles. The predicted molar refractivity (Wildman–Crippen MR) is 73.9 cm³/mol. The van der Waals surface area contributed by atoms with Crippen molar-refractivity contribution in [3.63, 3.8) is 0 Å². The summed E-state index contributed by atoms with van der Waals surface area (Å²) in [6.07, 6.45) is 3.65. The first-order valence-corrected chi connectivity index (χ1v) is 7.24. The number of benzene rings is 1. The Morgan fingerprint density at radius 1 is 1.39 bits per heavy atom. The summed E-state index contributed by atoms with van der Waals surface area (Å²) in [7, 11) is 0. The number of rotatable bonds is 3. The van der Waals surface area contributed by atoms with Gasteiger partial charge < -0.3 is 4.55 Å². The second-order valence-corrected chi connectivity index (χ2v) is 7.59. The van der Waals surface area contributed by atoms with E-state index in [-0.39, 0.29) is 10.6 Å². The smallest absolute Gasteiger partial charge is 0.144 e. The molecule has 1 aromatic rings.